The van der Waals surface area contributed by atoms with E-state index in [1.807, 2.05) is 13.8 Å². The molecule has 0 fully saturated rings. The number of aryl methyl sites for hydroxylation is 1. The molecule has 0 spiro atoms. The summed E-state index contributed by atoms with van der Waals surface area (Å²) in [5.74, 6) is -1.28. The van der Waals surface area contributed by atoms with E-state index in [-0.39, 0.29) is 17.2 Å². The summed E-state index contributed by atoms with van der Waals surface area (Å²) >= 11 is 1.14. The molecule has 1 amide bonds. The Labute approximate surface area is 127 Å². The van der Waals surface area contributed by atoms with Crippen molar-refractivity contribution in [2.24, 2.45) is 0 Å². The van der Waals surface area contributed by atoms with Crippen LogP contribution in [0.25, 0.3) is 0 Å². The number of nitrogens with one attached hydrogen (secondary N) is 1. The van der Waals surface area contributed by atoms with Crippen molar-refractivity contribution in [3.8, 4) is 0 Å². The fourth-order valence-electron chi connectivity index (χ4n) is 2.00. The molecule has 1 rings (SSSR count). The Hall–Kier alpha value is -1.63. The third-order valence-electron chi connectivity index (χ3n) is 3.24. The first-order chi connectivity index (χ1) is 9.95. The number of hydrogen-bond acceptors (Lipinski definition) is 4. The van der Waals surface area contributed by atoms with E-state index in [1.165, 1.54) is 0 Å². The number of hydrogen-bond donors (Lipinski definition) is 2. The minimum Gasteiger partial charge on any atom is -0.480 e. The second-order valence-corrected chi connectivity index (χ2v) is 5.82. The molecule has 0 aromatic carbocycles. The average molecular weight is 314 g/mol. The fourth-order valence-corrected chi connectivity index (χ4v) is 2.77. The highest BCUT2D eigenvalue weighted by molar-refractivity contribution is 7.07. The number of carbonyl (C=O) groups excluding carboxylic acids is 1. The van der Waals surface area contributed by atoms with Crippen LogP contribution in [0.3, 0.4) is 0 Å². The summed E-state index contributed by atoms with van der Waals surface area (Å²) in [6, 6.07) is -0.817. The predicted molar refractivity (Wildman–Crippen MR) is 81.6 cm³/mol. The zero-order valence-corrected chi connectivity index (χ0v) is 13.2. The summed E-state index contributed by atoms with van der Waals surface area (Å²) in [4.78, 5) is 34.3. The maximum Gasteiger partial charge on any atom is 0.326 e. The molecule has 0 saturated carbocycles. The lowest BCUT2D eigenvalue weighted by molar-refractivity contribution is -0.142. The topological polar surface area (TPSA) is 88.4 Å². The zero-order valence-electron chi connectivity index (χ0n) is 12.4. The lowest BCUT2D eigenvalue weighted by Crippen LogP contribution is -2.40. The van der Waals surface area contributed by atoms with Crippen molar-refractivity contribution in [3.63, 3.8) is 0 Å². The Bertz CT molecular complexity index is 535. The largest absolute Gasteiger partial charge is 0.480 e. The van der Waals surface area contributed by atoms with Crippen LogP contribution >= 0.6 is 11.3 Å². The number of aromatic nitrogens is 1. The number of thiazole rings is 1. The molecular weight excluding hydrogens is 292 g/mol. The lowest BCUT2D eigenvalue weighted by Gasteiger charge is -2.14. The summed E-state index contributed by atoms with van der Waals surface area (Å²) in [5, 5.41) is 13.4. The maximum absolute atomic E-state index is 11.8. The van der Waals surface area contributed by atoms with Gasteiger partial charge in [-0.1, -0.05) is 31.1 Å². The second-order valence-electron chi connectivity index (χ2n) is 5.00. The van der Waals surface area contributed by atoms with E-state index in [0.717, 1.165) is 29.9 Å². The third-order valence-corrected chi connectivity index (χ3v) is 4.12. The zero-order chi connectivity index (χ0) is 15.8. The van der Waals surface area contributed by atoms with Gasteiger partial charge in [0.2, 0.25) is 5.91 Å². The fraction of sp³-hybridized carbons (Fsp3) is 0.643. The first kappa shape index (κ1) is 17.4. The Kier molecular flexibility index (Phi) is 7.14. The molecule has 2 N–H and O–H groups in total. The monoisotopic (exact) mass is 314 g/mol. The molecule has 7 heteroatoms. The van der Waals surface area contributed by atoms with Crippen molar-refractivity contribution >= 4 is 23.2 Å². The number of rotatable bonds is 9. The first-order valence-electron chi connectivity index (χ1n) is 7.12. The van der Waals surface area contributed by atoms with Gasteiger partial charge in [-0.15, -0.1) is 0 Å². The van der Waals surface area contributed by atoms with E-state index in [1.54, 1.807) is 9.95 Å². The molecule has 0 bridgehead atoms. The minimum absolute atomic E-state index is 0.0285. The molecule has 1 aromatic heterocycles. The second kappa shape index (κ2) is 8.61. The molecule has 0 aliphatic carbocycles. The molecular formula is C14H22N2O4S. The molecule has 1 heterocycles. The molecule has 0 radical (unpaired) electrons. The van der Waals surface area contributed by atoms with Crippen LogP contribution in [0.1, 0.15) is 44.7 Å². The number of amides is 1. The van der Waals surface area contributed by atoms with Crippen LogP contribution in [0, 0.1) is 6.92 Å². The van der Waals surface area contributed by atoms with E-state index in [0.29, 0.717) is 19.4 Å². The average Bonchev–Trinajstić information content (AvgIpc) is 2.74. The van der Waals surface area contributed by atoms with Gasteiger partial charge in [0.05, 0.1) is 0 Å². The Morgan fingerprint density at radius 2 is 2.14 bits per heavy atom. The summed E-state index contributed by atoms with van der Waals surface area (Å²) in [6.45, 7) is 4.30. The minimum atomic E-state index is -0.998. The van der Waals surface area contributed by atoms with Crippen molar-refractivity contribution in [1.29, 1.82) is 0 Å². The van der Waals surface area contributed by atoms with E-state index in [2.05, 4.69) is 5.32 Å². The highest BCUT2D eigenvalue weighted by Gasteiger charge is 2.18. The predicted octanol–water partition coefficient (Wildman–Crippen LogP) is 1.76. The molecule has 1 atom stereocenters. The van der Waals surface area contributed by atoms with E-state index >= 15 is 0 Å². The smallest absolute Gasteiger partial charge is 0.326 e. The third kappa shape index (κ3) is 5.71. The maximum atomic E-state index is 11.8. The summed E-state index contributed by atoms with van der Waals surface area (Å²) in [7, 11) is 0. The van der Waals surface area contributed by atoms with Gasteiger partial charge in [-0.3, -0.25) is 9.59 Å². The summed E-state index contributed by atoms with van der Waals surface area (Å²) < 4.78 is 1.63. The van der Waals surface area contributed by atoms with E-state index in [4.69, 9.17) is 5.11 Å². The van der Waals surface area contributed by atoms with Crippen molar-refractivity contribution in [2.45, 2.75) is 58.5 Å². The quantitative estimate of drug-likeness (QED) is 0.727. The number of carboxylic acid groups (broad SMARTS) is 1. The van der Waals surface area contributed by atoms with Gasteiger partial charge in [0, 0.05) is 24.0 Å². The number of carbonyl (C=O) groups is 2. The van der Waals surface area contributed by atoms with Crippen molar-refractivity contribution in [3.05, 3.63) is 20.7 Å². The molecule has 0 saturated heterocycles. The van der Waals surface area contributed by atoms with E-state index in [9.17, 15) is 14.4 Å². The molecule has 0 aliphatic rings. The van der Waals surface area contributed by atoms with Gasteiger partial charge in [0.15, 0.2) is 0 Å². The van der Waals surface area contributed by atoms with Gasteiger partial charge in [0.1, 0.15) is 6.04 Å². The Balaban J connectivity index is 2.39. The molecule has 0 aliphatic heterocycles. The molecule has 0 unspecified atom stereocenters. The molecule has 21 heavy (non-hydrogen) atoms. The summed E-state index contributed by atoms with van der Waals surface area (Å²) in [6.07, 6.45) is 2.84. The lowest BCUT2D eigenvalue weighted by atomic mass is 10.1. The highest BCUT2D eigenvalue weighted by atomic mass is 32.1. The van der Waals surface area contributed by atoms with Crippen LogP contribution in [0.5, 0.6) is 0 Å². The van der Waals surface area contributed by atoms with Crippen LogP contribution in [-0.4, -0.2) is 27.6 Å². The highest BCUT2D eigenvalue weighted by Crippen LogP contribution is 2.04. The molecule has 1 aromatic rings. The van der Waals surface area contributed by atoms with E-state index < -0.39 is 12.0 Å². The normalized spacial score (nSPS) is 12.1. The van der Waals surface area contributed by atoms with Crippen LogP contribution in [0.15, 0.2) is 10.2 Å². The SMILES string of the molecule is CCCC[C@H](NC(=O)CCCn1c(C)csc1=O)C(=O)O. The van der Waals surface area contributed by atoms with Gasteiger partial charge >= 0.3 is 10.8 Å². The number of unbranched alkanes of at least 4 members (excludes halogenated alkanes) is 1. The molecule has 6 nitrogen and oxygen atoms in total. The Morgan fingerprint density at radius 3 is 2.67 bits per heavy atom. The number of aliphatic carboxylic acids is 1. The van der Waals surface area contributed by atoms with Gasteiger partial charge in [-0.05, 0) is 19.8 Å². The number of nitrogens with zero attached hydrogens (tertiary/aromatic N) is 1. The van der Waals surface area contributed by atoms with Crippen molar-refractivity contribution < 1.29 is 14.7 Å². The van der Waals surface area contributed by atoms with Crippen LogP contribution < -0.4 is 10.2 Å². The molecule has 118 valence electrons. The van der Waals surface area contributed by atoms with Gasteiger partial charge < -0.3 is 15.0 Å². The summed E-state index contributed by atoms with van der Waals surface area (Å²) in [5.41, 5.74) is 0.886. The number of carboxylic acids is 1. The van der Waals surface area contributed by atoms with Gasteiger partial charge in [-0.25, -0.2) is 4.79 Å². The van der Waals surface area contributed by atoms with Crippen LogP contribution in [-0.2, 0) is 16.1 Å². The van der Waals surface area contributed by atoms with Crippen molar-refractivity contribution in [1.82, 2.24) is 9.88 Å². The van der Waals surface area contributed by atoms with Crippen LogP contribution in [0.4, 0.5) is 0 Å². The standard InChI is InChI=1S/C14H22N2O4S/c1-3-4-6-11(13(18)19)15-12(17)7-5-8-16-10(2)9-21-14(16)20/h9,11H,3-8H2,1-2H3,(H,15,17)(H,18,19)/t11-/m0/s1. The van der Waals surface area contributed by atoms with Crippen molar-refractivity contribution in [2.75, 3.05) is 0 Å². The van der Waals surface area contributed by atoms with Crippen LogP contribution in [0.2, 0.25) is 0 Å². The first-order valence-corrected chi connectivity index (χ1v) is 8.00. The van der Waals surface area contributed by atoms with Gasteiger partial charge in [0.25, 0.3) is 0 Å². The van der Waals surface area contributed by atoms with Gasteiger partial charge in [-0.2, -0.15) is 0 Å². The Morgan fingerprint density at radius 1 is 1.43 bits per heavy atom.